The summed E-state index contributed by atoms with van der Waals surface area (Å²) in [5, 5.41) is 29.1. The molecule has 0 radical (unpaired) electrons. The second-order valence-electron chi connectivity index (χ2n) is 7.09. The van der Waals surface area contributed by atoms with Gasteiger partial charge in [0, 0.05) is 31.1 Å². The molecule has 3 atom stereocenters. The van der Waals surface area contributed by atoms with E-state index in [0.717, 1.165) is 16.9 Å². The molecule has 5 N–H and O–H groups in total. The van der Waals surface area contributed by atoms with E-state index >= 15 is 0 Å². The minimum absolute atomic E-state index is 0.0195. The van der Waals surface area contributed by atoms with Crippen molar-refractivity contribution in [3.8, 4) is 11.5 Å². The highest BCUT2D eigenvalue weighted by Gasteiger charge is 2.41. The lowest BCUT2D eigenvalue weighted by atomic mass is 9.86. The topological polar surface area (TPSA) is 120 Å². The number of rotatable bonds is 5. The van der Waals surface area contributed by atoms with Crippen molar-refractivity contribution in [3.05, 3.63) is 53.9 Å². The first-order chi connectivity index (χ1) is 13.5. The molecule has 8 heteroatoms. The predicted molar refractivity (Wildman–Crippen MR) is 103 cm³/mol. The van der Waals surface area contributed by atoms with Crippen LogP contribution in [0.3, 0.4) is 0 Å². The summed E-state index contributed by atoms with van der Waals surface area (Å²) in [6, 6.07) is 11.8. The van der Waals surface area contributed by atoms with Crippen molar-refractivity contribution in [2.75, 3.05) is 0 Å². The molecule has 3 aromatic rings. The third-order valence-corrected chi connectivity index (χ3v) is 5.36. The fraction of sp³-hybridized carbons (Fsp3) is 0.300. The maximum atomic E-state index is 11.1. The Bertz CT molecular complexity index is 1030. The van der Waals surface area contributed by atoms with E-state index in [-0.39, 0.29) is 35.9 Å². The number of para-hydroxylation sites is 2. The molecular formula is C20H22N4O4. The van der Waals surface area contributed by atoms with E-state index in [9.17, 15) is 15.0 Å². The number of aromatic nitrogens is 2. The van der Waals surface area contributed by atoms with Crippen LogP contribution in [0.2, 0.25) is 0 Å². The number of hydrogen-bond acceptors (Lipinski definition) is 6. The van der Waals surface area contributed by atoms with Crippen LogP contribution >= 0.6 is 0 Å². The van der Waals surface area contributed by atoms with Gasteiger partial charge in [0.2, 0.25) is 0 Å². The molecule has 3 unspecified atom stereocenters. The third-order valence-electron chi connectivity index (χ3n) is 5.36. The molecule has 1 aliphatic heterocycles. The van der Waals surface area contributed by atoms with E-state index in [0.29, 0.717) is 12.0 Å². The molecule has 0 saturated carbocycles. The Morgan fingerprint density at radius 2 is 1.96 bits per heavy atom. The van der Waals surface area contributed by atoms with Gasteiger partial charge in [0.05, 0.1) is 23.0 Å². The van der Waals surface area contributed by atoms with Gasteiger partial charge in [-0.2, -0.15) is 0 Å². The van der Waals surface area contributed by atoms with Crippen LogP contribution in [-0.4, -0.2) is 36.9 Å². The van der Waals surface area contributed by atoms with Gasteiger partial charge in [-0.3, -0.25) is 10.2 Å². The zero-order chi connectivity index (χ0) is 19.8. The largest absolute Gasteiger partial charge is 0.508 e. The molecule has 2 aromatic carbocycles. The van der Waals surface area contributed by atoms with Gasteiger partial charge in [-0.15, -0.1) is 0 Å². The van der Waals surface area contributed by atoms with Gasteiger partial charge >= 0.3 is 5.97 Å². The van der Waals surface area contributed by atoms with Crippen LogP contribution in [0.5, 0.6) is 11.5 Å². The van der Waals surface area contributed by atoms with Gasteiger partial charge in [0.1, 0.15) is 17.3 Å². The molecular weight excluding hydrogens is 360 g/mol. The Balaban J connectivity index is 1.79. The van der Waals surface area contributed by atoms with Crippen molar-refractivity contribution in [3.63, 3.8) is 0 Å². The van der Waals surface area contributed by atoms with Crippen molar-refractivity contribution in [2.45, 2.75) is 30.8 Å². The number of hydrazine groups is 1. The fourth-order valence-corrected chi connectivity index (χ4v) is 4.00. The number of nitrogens with zero attached hydrogens (tertiary/aromatic N) is 2. The Morgan fingerprint density at radius 1 is 1.18 bits per heavy atom. The Kier molecular flexibility index (Phi) is 4.66. The number of hydrogen-bond donors (Lipinski definition) is 5. The summed E-state index contributed by atoms with van der Waals surface area (Å²) in [4.78, 5) is 15.9. The number of aryl methyl sites for hydroxylation is 1. The van der Waals surface area contributed by atoms with Crippen molar-refractivity contribution in [1.29, 1.82) is 0 Å². The Morgan fingerprint density at radius 3 is 2.68 bits per heavy atom. The smallest absolute Gasteiger partial charge is 0.303 e. The minimum Gasteiger partial charge on any atom is -0.508 e. The number of carboxylic acids is 1. The number of phenols is 2. The molecule has 0 aliphatic carbocycles. The first kappa shape index (κ1) is 18.3. The van der Waals surface area contributed by atoms with Crippen LogP contribution in [0.1, 0.15) is 36.2 Å². The SMILES string of the molecule is Cn1c(C2C(CCC(=O)O)NNC2c2ccc(O)cc2O)nc2ccccc21. The van der Waals surface area contributed by atoms with Crippen LogP contribution in [0.4, 0.5) is 0 Å². The van der Waals surface area contributed by atoms with Crippen LogP contribution < -0.4 is 10.9 Å². The third kappa shape index (κ3) is 3.17. The zero-order valence-corrected chi connectivity index (χ0v) is 15.3. The number of imidazole rings is 1. The first-order valence-corrected chi connectivity index (χ1v) is 9.12. The maximum absolute atomic E-state index is 11.1. The van der Waals surface area contributed by atoms with Crippen LogP contribution in [0, 0.1) is 0 Å². The van der Waals surface area contributed by atoms with Crippen LogP contribution in [-0.2, 0) is 11.8 Å². The van der Waals surface area contributed by atoms with Gasteiger partial charge in [0.25, 0.3) is 0 Å². The highest BCUT2D eigenvalue weighted by atomic mass is 16.4. The van der Waals surface area contributed by atoms with E-state index in [1.54, 1.807) is 6.07 Å². The minimum atomic E-state index is -0.860. The lowest BCUT2D eigenvalue weighted by Gasteiger charge is -2.23. The van der Waals surface area contributed by atoms with Gasteiger partial charge in [0.15, 0.2) is 0 Å². The number of phenolic OH excluding ortho intramolecular Hbond substituents is 2. The molecule has 2 heterocycles. The number of nitrogens with one attached hydrogen (secondary N) is 2. The molecule has 0 spiro atoms. The summed E-state index contributed by atoms with van der Waals surface area (Å²) in [5.41, 5.74) is 8.82. The Labute approximate surface area is 161 Å². The second kappa shape index (κ2) is 7.14. The number of carboxylic acid groups (broad SMARTS) is 1. The van der Waals surface area contributed by atoms with Gasteiger partial charge in [-0.05, 0) is 24.6 Å². The van der Waals surface area contributed by atoms with Gasteiger partial charge in [-0.1, -0.05) is 18.2 Å². The van der Waals surface area contributed by atoms with Crippen molar-refractivity contribution in [2.24, 2.45) is 7.05 Å². The average molecular weight is 382 g/mol. The monoisotopic (exact) mass is 382 g/mol. The lowest BCUT2D eigenvalue weighted by molar-refractivity contribution is -0.137. The zero-order valence-electron chi connectivity index (χ0n) is 15.3. The molecule has 0 amide bonds. The van der Waals surface area contributed by atoms with E-state index in [2.05, 4.69) is 10.9 Å². The van der Waals surface area contributed by atoms with E-state index in [1.807, 2.05) is 35.9 Å². The molecule has 4 rings (SSSR count). The quantitative estimate of drug-likeness (QED) is 0.459. The molecule has 146 valence electrons. The fourth-order valence-electron chi connectivity index (χ4n) is 4.00. The molecule has 1 aliphatic rings. The summed E-state index contributed by atoms with van der Waals surface area (Å²) >= 11 is 0. The highest BCUT2D eigenvalue weighted by Crippen LogP contribution is 2.42. The number of aliphatic carboxylic acids is 1. The van der Waals surface area contributed by atoms with Crippen molar-refractivity contribution < 1.29 is 20.1 Å². The van der Waals surface area contributed by atoms with E-state index < -0.39 is 5.97 Å². The Hall–Kier alpha value is -3.10. The summed E-state index contributed by atoms with van der Waals surface area (Å²) < 4.78 is 2.01. The highest BCUT2D eigenvalue weighted by molar-refractivity contribution is 5.76. The van der Waals surface area contributed by atoms with E-state index in [4.69, 9.17) is 10.1 Å². The molecule has 8 nitrogen and oxygen atoms in total. The maximum Gasteiger partial charge on any atom is 0.303 e. The number of aromatic hydroxyl groups is 2. The van der Waals surface area contributed by atoms with Crippen molar-refractivity contribution in [1.82, 2.24) is 20.4 Å². The second-order valence-corrected chi connectivity index (χ2v) is 7.09. The molecule has 28 heavy (non-hydrogen) atoms. The summed E-state index contributed by atoms with van der Waals surface area (Å²) in [6.07, 6.45) is 0.430. The molecule has 1 saturated heterocycles. The number of fused-ring (bicyclic) bond motifs is 1. The summed E-state index contributed by atoms with van der Waals surface area (Å²) in [7, 11) is 1.94. The van der Waals surface area contributed by atoms with Crippen LogP contribution in [0.15, 0.2) is 42.5 Å². The lowest BCUT2D eigenvalue weighted by Crippen LogP contribution is -2.32. The normalized spacial score (nSPS) is 22.0. The molecule has 1 fully saturated rings. The van der Waals surface area contributed by atoms with Crippen molar-refractivity contribution >= 4 is 17.0 Å². The molecule has 1 aromatic heterocycles. The van der Waals surface area contributed by atoms with Gasteiger partial charge < -0.3 is 19.9 Å². The van der Waals surface area contributed by atoms with Gasteiger partial charge in [-0.25, -0.2) is 10.4 Å². The van der Waals surface area contributed by atoms with E-state index in [1.165, 1.54) is 12.1 Å². The summed E-state index contributed by atoms with van der Waals surface area (Å²) in [5.74, 6) is -0.323. The van der Waals surface area contributed by atoms with Crippen LogP contribution in [0.25, 0.3) is 11.0 Å². The standard InChI is InChI=1S/C20H22N4O4/c1-24-15-5-3-2-4-13(15)21-20(24)18-14(8-9-17(27)28)22-23-19(18)12-7-6-11(25)10-16(12)26/h2-7,10,14,18-19,22-23,25-26H,8-9H2,1H3,(H,27,28). The summed E-state index contributed by atoms with van der Waals surface area (Å²) in [6.45, 7) is 0. The number of carbonyl (C=O) groups is 1. The average Bonchev–Trinajstić information content (AvgIpc) is 3.21. The number of benzene rings is 2. The predicted octanol–water partition coefficient (Wildman–Crippen LogP) is 2.15. The molecule has 0 bridgehead atoms. The first-order valence-electron chi connectivity index (χ1n) is 9.12.